The third-order valence-corrected chi connectivity index (χ3v) is 3.39. The van der Waals surface area contributed by atoms with Crippen LogP contribution in [0.15, 0.2) is 0 Å². The second kappa shape index (κ2) is 8.12. The second-order valence-corrected chi connectivity index (χ2v) is 4.72. The lowest BCUT2D eigenvalue weighted by molar-refractivity contribution is 0.0382. The standard InChI is InChI=1S/C13H26O2/c1-2-3-10-15-11-9-13(14)12-7-5-4-6-8-12/h12-14H,2-11H2,1H3. The van der Waals surface area contributed by atoms with Gasteiger partial charge in [-0.2, -0.15) is 0 Å². The fraction of sp³-hybridized carbons (Fsp3) is 1.00. The van der Waals surface area contributed by atoms with Gasteiger partial charge < -0.3 is 9.84 Å². The molecule has 0 radical (unpaired) electrons. The molecule has 1 atom stereocenters. The minimum atomic E-state index is -0.119. The molecule has 1 rings (SSSR count). The Morgan fingerprint density at radius 2 is 1.93 bits per heavy atom. The van der Waals surface area contributed by atoms with Crippen LogP contribution in [0.25, 0.3) is 0 Å². The van der Waals surface area contributed by atoms with Crippen LogP contribution in [0.1, 0.15) is 58.3 Å². The van der Waals surface area contributed by atoms with Gasteiger partial charge in [-0.3, -0.25) is 0 Å². The van der Waals surface area contributed by atoms with Crippen LogP contribution in [0.5, 0.6) is 0 Å². The highest BCUT2D eigenvalue weighted by molar-refractivity contribution is 4.72. The van der Waals surface area contributed by atoms with Crippen molar-refractivity contribution in [1.82, 2.24) is 0 Å². The number of aliphatic hydroxyl groups excluding tert-OH is 1. The predicted octanol–water partition coefficient (Wildman–Crippen LogP) is 3.13. The zero-order chi connectivity index (χ0) is 10.9. The molecule has 0 aromatic rings. The Labute approximate surface area is 94.0 Å². The summed E-state index contributed by atoms with van der Waals surface area (Å²) < 4.78 is 5.48. The minimum Gasteiger partial charge on any atom is -0.393 e. The van der Waals surface area contributed by atoms with E-state index in [2.05, 4.69) is 6.92 Å². The highest BCUT2D eigenvalue weighted by atomic mass is 16.5. The molecule has 0 heterocycles. The van der Waals surface area contributed by atoms with Crippen LogP contribution >= 0.6 is 0 Å². The smallest absolute Gasteiger partial charge is 0.0590 e. The third kappa shape index (κ3) is 5.53. The first-order valence-corrected chi connectivity index (χ1v) is 6.60. The van der Waals surface area contributed by atoms with Crippen LogP contribution < -0.4 is 0 Å². The molecule has 1 unspecified atom stereocenters. The van der Waals surface area contributed by atoms with Crippen LogP contribution in [-0.2, 0) is 4.74 Å². The van der Waals surface area contributed by atoms with Gasteiger partial charge in [-0.05, 0) is 31.6 Å². The van der Waals surface area contributed by atoms with Crippen LogP contribution in [0.2, 0.25) is 0 Å². The molecule has 0 bridgehead atoms. The highest BCUT2D eigenvalue weighted by Crippen LogP contribution is 2.27. The van der Waals surface area contributed by atoms with Gasteiger partial charge in [0.2, 0.25) is 0 Å². The lowest BCUT2D eigenvalue weighted by Gasteiger charge is -2.26. The molecule has 15 heavy (non-hydrogen) atoms. The highest BCUT2D eigenvalue weighted by Gasteiger charge is 2.20. The fourth-order valence-corrected chi connectivity index (χ4v) is 2.31. The number of ether oxygens (including phenoxy) is 1. The summed E-state index contributed by atoms with van der Waals surface area (Å²) in [6.07, 6.45) is 9.44. The van der Waals surface area contributed by atoms with Crippen molar-refractivity contribution in [1.29, 1.82) is 0 Å². The molecule has 0 saturated heterocycles. The van der Waals surface area contributed by atoms with E-state index >= 15 is 0 Å². The van der Waals surface area contributed by atoms with E-state index in [1.165, 1.54) is 38.5 Å². The van der Waals surface area contributed by atoms with Gasteiger partial charge in [-0.15, -0.1) is 0 Å². The van der Waals surface area contributed by atoms with Gasteiger partial charge in [0.1, 0.15) is 0 Å². The van der Waals surface area contributed by atoms with Crippen LogP contribution in [0.3, 0.4) is 0 Å². The molecule has 2 heteroatoms. The van der Waals surface area contributed by atoms with Crippen molar-refractivity contribution in [2.24, 2.45) is 5.92 Å². The molecule has 1 aliphatic carbocycles. The van der Waals surface area contributed by atoms with Crippen molar-refractivity contribution in [3.63, 3.8) is 0 Å². The summed E-state index contributed by atoms with van der Waals surface area (Å²) >= 11 is 0. The molecule has 90 valence electrons. The summed E-state index contributed by atoms with van der Waals surface area (Å²) in [5.41, 5.74) is 0. The maximum atomic E-state index is 9.95. The van der Waals surface area contributed by atoms with Gasteiger partial charge in [-0.25, -0.2) is 0 Å². The Balaban J connectivity index is 1.99. The minimum absolute atomic E-state index is 0.119. The average Bonchev–Trinajstić information content (AvgIpc) is 2.30. The summed E-state index contributed by atoms with van der Waals surface area (Å²) in [7, 11) is 0. The molecule has 0 amide bonds. The maximum Gasteiger partial charge on any atom is 0.0590 e. The van der Waals surface area contributed by atoms with E-state index in [0.29, 0.717) is 5.92 Å². The Bertz CT molecular complexity index is 141. The molecule has 1 N–H and O–H groups in total. The number of unbranched alkanes of at least 4 members (excludes halogenated alkanes) is 1. The summed E-state index contributed by atoms with van der Waals surface area (Å²) in [5, 5.41) is 9.95. The van der Waals surface area contributed by atoms with Gasteiger partial charge in [0.15, 0.2) is 0 Å². The van der Waals surface area contributed by atoms with E-state index in [9.17, 15) is 5.11 Å². The van der Waals surface area contributed by atoms with E-state index in [1.54, 1.807) is 0 Å². The predicted molar refractivity (Wildman–Crippen MR) is 62.9 cm³/mol. The quantitative estimate of drug-likeness (QED) is 0.660. The van der Waals surface area contributed by atoms with E-state index < -0.39 is 0 Å². The molecular formula is C13H26O2. The van der Waals surface area contributed by atoms with Crippen LogP contribution in [-0.4, -0.2) is 24.4 Å². The van der Waals surface area contributed by atoms with Crippen molar-refractivity contribution < 1.29 is 9.84 Å². The van der Waals surface area contributed by atoms with E-state index in [4.69, 9.17) is 4.74 Å². The lowest BCUT2D eigenvalue weighted by atomic mass is 9.84. The van der Waals surface area contributed by atoms with Gasteiger partial charge in [-0.1, -0.05) is 32.6 Å². The molecule has 1 aliphatic rings. The molecule has 0 spiro atoms. The van der Waals surface area contributed by atoms with Gasteiger partial charge in [0.05, 0.1) is 6.10 Å². The average molecular weight is 214 g/mol. The zero-order valence-electron chi connectivity index (χ0n) is 10.1. The van der Waals surface area contributed by atoms with E-state index in [0.717, 1.165) is 26.1 Å². The molecule has 0 aromatic heterocycles. The van der Waals surface area contributed by atoms with E-state index in [-0.39, 0.29) is 6.10 Å². The van der Waals surface area contributed by atoms with Crippen LogP contribution in [0.4, 0.5) is 0 Å². The first kappa shape index (κ1) is 13.0. The number of hydrogen-bond donors (Lipinski definition) is 1. The molecule has 2 nitrogen and oxygen atoms in total. The molecule has 0 aromatic carbocycles. The van der Waals surface area contributed by atoms with Crippen LogP contribution in [0, 0.1) is 5.92 Å². The molecule has 0 aliphatic heterocycles. The van der Waals surface area contributed by atoms with Crippen molar-refractivity contribution in [2.75, 3.05) is 13.2 Å². The molecule has 1 fully saturated rings. The van der Waals surface area contributed by atoms with Gasteiger partial charge >= 0.3 is 0 Å². The lowest BCUT2D eigenvalue weighted by Crippen LogP contribution is -2.24. The zero-order valence-corrected chi connectivity index (χ0v) is 10.1. The number of aliphatic hydroxyl groups is 1. The normalized spacial score (nSPS) is 20.4. The Morgan fingerprint density at radius 3 is 2.60 bits per heavy atom. The second-order valence-electron chi connectivity index (χ2n) is 4.72. The Kier molecular flexibility index (Phi) is 7.03. The van der Waals surface area contributed by atoms with Crippen molar-refractivity contribution in [3.05, 3.63) is 0 Å². The molecule has 1 saturated carbocycles. The third-order valence-electron chi connectivity index (χ3n) is 3.39. The van der Waals surface area contributed by atoms with Crippen molar-refractivity contribution in [2.45, 2.75) is 64.4 Å². The first-order chi connectivity index (χ1) is 7.34. The molecular weight excluding hydrogens is 188 g/mol. The summed E-state index contributed by atoms with van der Waals surface area (Å²) in [6.45, 7) is 3.76. The Morgan fingerprint density at radius 1 is 1.20 bits per heavy atom. The topological polar surface area (TPSA) is 29.5 Å². The largest absolute Gasteiger partial charge is 0.393 e. The Hall–Kier alpha value is -0.0800. The summed E-state index contributed by atoms with van der Waals surface area (Å²) in [4.78, 5) is 0. The number of hydrogen-bond acceptors (Lipinski definition) is 2. The first-order valence-electron chi connectivity index (χ1n) is 6.60. The monoisotopic (exact) mass is 214 g/mol. The summed E-state index contributed by atoms with van der Waals surface area (Å²) in [5.74, 6) is 0.550. The number of rotatable bonds is 7. The SMILES string of the molecule is CCCCOCCC(O)C1CCCCC1. The summed E-state index contributed by atoms with van der Waals surface area (Å²) in [6, 6.07) is 0. The fourth-order valence-electron chi connectivity index (χ4n) is 2.31. The maximum absolute atomic E-state index is 9.95. The van der Waals surface area contributed by atoms with Crippen molar-refractivity contribution in [3.8, 4) is 0 Å². The van der Waals surface area contributed by atoms with Gasteiger partial charge in [0.25, 0.3) is 0 Å². The van der Waals surface area contributed by atoms with Gasteiger partial charge in [0, 0.05) is 13.2 Å². The van der Waals surface area contributed by atoms with Crippen molar-refractivity contribution >= 4 is 0 Å². The van der Waals surface area contributed by atoms with E-state index in [1.807, 2.05) is 0 Å².